The molecular weight excluding hydrogens is 719 g/mol. The Labute approximate surface area is 281 Å². The van der Waals surface area contributed by atoms with Crippen molar-refractivity contribution in [3.8, 4) is 11.3 Å². The van der Waals surface area contributed by atoms with E-state index in [0.29, 0.717) is 5.56 Å². The second-order valence-electron chi connectivity index (χ2n) is 10.3. The van der Waals surface area contributed by atoms with Crippen molar-refractivity contribution in [1.82, 2.24) is 14.4 Å². The number of benzene rings is 5. The first-order chi connectivity index (χ1) is 24.7. The summed E-state index contributed by atoms with van der Waals surface area (Å²) in [6, 6.07) is 38.4. The van der Waals surface area contributed by atoms with Crippen molar-refractivity contribution in [2.45, 2.75) is 20.6 Å². The molecule has 0 saturated carbocycles. The molecule has 0 amide bonds. The van der Waals surface area contributed by atoms with Crippen molar-refractivity contribution < 1.29 is 36.9 Å². The van der Waals surface area contributed by atoms with Crippen molar-refractivity contribution in [3.63, 3.8) is 0 Å². The average Bonchev–Trinajstić information content (AvgIpc) is 3.70. The number of aryl methyl sites for hydroxylation is 3. The molecule has 0 unspecified atom stereocenters. The van der Waals surface area contributed by atoms with E-state index in [1.807, 2.05) is 18.2 Å². The third-order valence-electron chi connectivity index (χ3n) is 7.66. The van der Waals surface area contributed by atoms with Crippen LogP contribution in [0.5, 0.6) is 0 Å². The molecule has 215 valence electrons. The molecule has 5 aromatic carbocycles. The Hall–Kier alpha value is -4.83. The van der Waals surface area contributed by atoms with Gasteiger partial charge in [0.05, 0.1) is 22.2 Å². The number of nitrogens with zero attached hydrogens (tertiary/aromatic N) is 3. The summed E-state index contributed by atoms with van der Waals surface area (Å²) in [7, 11) is 0. The second kappa shape index (κ2) is 11.0. The van der Waals surface area contributed by atoms with E-state index in [4.69, 9.17) is 21.7 Å². The van der Waals surface area contributed by atoms with Gasteiger partial charge >= 0.3 is 0 Å². The number of furan rings is 1. The predicted molar refractivity (Wildman–Crippen MR) is 177 cm³/mol. The number of para-hydroxylation sites is 2. The van der Waals surface area contributed by atoms with Crippen LogP contribution < -0.4 is 0 Å². The zero-order chi connectivity index (χ0) is 36.6. The van der Waals surface area contributed by atoms with Crippen LogP contribution in [-0.2, 0) is 20.1 Å². The Morgan fingerprint density at radius 1 is 0.773 bits per heavy atom. The molecule has 9 rings (SSSR count). The van der Waals surface area contributed by atoms with E-state index in [-0.39, 0.29) is 42.5 Å². The molecule has 0 aliphatic carbocycles. The number of aromatic nitrogens is 3. The van der Waals surface area contributed by atoms with Crippen LogP contribution in [-0.4, -0.2) is 14.4 Å². The van der Waals surface area contributed by atoms with Crippen LogP contribution in [0.3, 0.4) is 0 Å². The Morgan fingerprint density at radius 2 is 1.64 bits per heavy atom. The molecule has 5 heteroatoms. The number of hydrogen-bond donors (Lipinski definition) is 0. The third-order valence-corrected chi connectivity index (χ3v) is 7.66. The van der Waals surface area contributed by atoms with Crippen LogP contribution in [0.2, 0.25) is 0 Å². The molecule has 0 aliphatic heterocycles. The molecule has 0 spiro atoms. The van der Waals surface area contributed by atoms with E-state index in [2.05, 4.69) is 82.2 Å². The van der Waals surface area contributed by atoms with Gasteiger partial charge in [-0.1, -0.05) is 71.7 Å². The SMILES string of the molecule is [2H]C([2H])([2H])c1c[c-]c(-c2cc(C([2H])([2H])[2H])c(C([2H])([2H])[2H])cn2)cc1.[Ir].[c-]1cccc2c1c1nc3ccccc3n1c1c3ccc4ccccc4c3oc21. The van der Waals surface area contributed by atoms with Crippen molar-refractivity contribution in [1.29, 1.82) is 0 Å². The van der Waals surface area contributed by atoms with E-state index in [1.165, 1.54) is 29.7 Å². The zero-order valence-corrected chi connectivity index (χ0v) is 25.4. The van der Waals surface area contributed by atoms with Gasteiger partial charge in [0.15, 0.2) is 0 Å². The molecule has 1 radical (unpaired) electrons. The van der Waals surface area contributed by atoms with Crippen LogP contribution in [0.15, 0.2) is 114 Å². The summed E-state index contributed by atoms with van der Waals surface area (Å²) in [5.74, 6) is 0. The van der Waals surface area contributed by atoms with Crippen molar-refractivity contribution in [3.05, 3.63) is 138 Å². The molecule has 0 aliphatic rings. The largest absolute Gasteiger partial charge is 0.463 e. The monoisotopic (exact) mass is 755 g/mol. The van der Waals surface area contributed by atoms with Crippen molar-refractivity contribution >= 4 is 60.3 Å². The van der Waals surface area contributed by atoms with E-state index in [0.717, 1.165) is 61.1 Å². The number of hydrogen-bond acceptors (Lipinski definition) is 3. The standard InChI is InChI=1S/C25H13N2O.C14H14N.Ir/c1-2-8-16-15(7-1)13-14-19-22-24(28-23(16)19)17-9-3-4-10-18(17)25-26-20-11-5-6-12-21(20)27(22)25;1-10-4-6-13(7-5-10)14-8-11(2)12(3)9-15-14;/h1-9,11-14H;4-6,8-9H,1-3H3;/q2*-1;/i;1D3,2D3,3D3;. The fraction of sp³-hybridized carbons (Fsp3) is 0.0769. The van der Waals surface area contributed by atoms with Gasteiger partial charge in [-0.15, -0.1) is 59.7 Å². The summed E-state index contributed by atoms with van der Waals surface area (Å²) < 4.78 is 75.7. The third kappa shape index (κ3) is 4.48. The van der Waals surface area contributed by atoms with E-state index < -0.39 is 20.6 Å². The van der Waals surface area contributed by atoms with Gasteiger partial charge in [0.1, 0.15) is 11.2 Å². The molecule has 0 bridgehead atoms. The van der Waals surface area contributed by atoms with Gasteiger partial charge in [0.25, 0.3) is 0 Å². The molecule has 0 atom stereocenters. The molecule has 0 N–H and O–H groups in total. The summed E-state index contributed by atoms with van der Waals surface area (Å²) in [4.78, 5) is 8.93. The van der Waals surface area contributed by atoms with Gasteiger partial charge in [0, 0.05) is 49.4 Å². The van der Waals surface area contributed by atoms with Crippen LogP contribution in [0.25, 0.3) is 71.6 Å². The molecule has 9 aromatic rings. The van der Waals surface area contributed by atoms with Gasteiger partial charge in [-0.3, -0.25) is 4.98 Å². The zero-order valence-electron chi connectivity index (χ0n) is 32.0. The Balaban J connectivity index is 0.000000164. The molecule has 4 aromatic heterocycles. The molecule has 44 heavy (non-hydrogen) atoms. The number of pyridine rings is 2. The van der Waals surface area contributed by atoms with Crippen LogP contribution >= 0.6 is 0 Å². The maximum Gasteiger partial charge on any atom is 0.143 e. The smallest absolute Gasteiger partial charge is 0.143 e. The van der Waals surface area contributed by atoms with Crippen LogP contribution in [0.4, 0.5) is 0 Å². The van der Waals surface area contributed by atoms with Gasteiger partial charge < -0.3 is 13.8 Å². The second-order valence-corrected chi connectivity index (χ2v) is 10.3. The summed E-state index contributed by atoms with van der Waals surface area (Å²) in [5, 5.41) is 5.43. The van der Waals surface area contributed by atoms with E-state index in [1.54, 1.807) is 0 Å². The number of fused-ring (bicyclic) bond motifs is 12. The van der Waals surface area contributed by atoms with Gasteiger partial charge in [-0.25, -0.2) is 0 Å². The first-order valence-corrected chi connectivity index (χ1v) is 13.7. The molecule has 0 saturated heterocycles. The summed E-state index contributed by atoms with van der Waals surface area (Å²) in [6.45, 7) is -7.47. The predicted octanol–water partition coefficient (Wildman–Crippen LogP) is 9.97. The minimum atomic E-state index is -2.61. The summed E-state index contributed by atoms with van der Waals surface area (Å²) in [6.07, 6.45) is 1.02. The fourth-order valence-corrected chi connectivity index (χ4v) is 5.63. The number of rotatable bonds is 1. The number of imidazole rings is 1. The fourth-order valence-electron chi connectivity index (χ4n) is 5.63. The maximum atomic E-state index is 7.54. The first-order valence-electron chi connectivity index (χ1n) is 18.2. The van der Waals surface area contributed by atoms with Crippen molar-refractivity contribution in [2.75, 3.05) is 0 Å². The topological polar surface area (TPSA) is 43.3 Å². The van der Waals surface area contributed by atoms with Gasteiger partial charge in [-0.05, 0) is 48.5 Å². The summed E-state index contributed by atoms with van der Waals surface area (Å²) in [5.41, 5.74) is 5.90. The van der Waals surface area contributed by atoms with Gasteiger partial charge in [0.2, 0.25) is 0 Å². The maximum absolute atomic E-state index is 7.54. The molecule has 0 fully saturated rings. The van der Waals surface area contributed by atoms with E-state index in [9.17, 15) is 0 Å². The normalized spacial score (nSPS) is 15.2. The minimum Gasteiger partial charge on any atom is -0.463 e. The minimum absolute atomic E-state index is 0. The Bertz CT molecular complexity index is 2820. The van der Waals surface area contributed by atoms with Crippen LogP contribution in [0.1, 0.15) is 29.0 Å². The summed E-state index contributed by atoms with van der Waals surface area (Å²) >= 11 is 0. The van der Waals surface area contributed by atoms with Crippen LogP contribution in [0, 0.1) is 32.7 Å². The van der Waals surface area contributed by atoms with E-state index >= 15 is 0 Å². The Morgan fingerprint density at radius 3 is 2.50 bits per heavy atom. The molecular formula is C39H27IrN3O-2. The first kappa shape index (κ1) is 19.4. The average molecular weight is 755 g/mol. The quantitative estimate of drug-likeness (QED) is 0.157. The van der Waals surface area contributed by atoms with Gasteiger partial charge in [-0.2, -0.15) is 0 Å². The molecule has 4 heterocycles. The van der Waals surface area contributed by atoms with Crippen molar-refractivity contribution in [2.24, 2.45) is 0 Å². The molecule has 4 nitrogen and oxygen atoms in total. The Kier molecular flexibility index (Phi) is 4.87.